The molecule has 2 saturated heterocycles. The third kappa shape index (κ3) is 3.05. The van der Waals surface area contributed by atoms with Gasteiger partial charge in [-0.15, -0.1) is 0 Å². The lowest BCUT2D eigenvalue weighted by molar-refractivity contribution is -0.136. The molecule has 0 bridgehead atoms. The molecular formula is C17H26N4O3. The Kier molecular flexibility index (Phi) is 4.62. The van der Waals surface area contributed by atoms with Gasteiger partial charge in [0.25, 0.3) is 5.91 Å². The van der Waals surface area contributed by atoms with Gasteiger partial charge < -0.3 is 14.5 Å². The molecule has 1 aromatic heterocycles. The van der Waals surface area contributed by atoms with E-state index in [9.17, 15) is 9.59 Å². The largest absolute Gasteiger partial charge is 0.368 e. The highest BCUT2D eigenvalue weighted by atomic mass is 16.5. The molecule has 132 valence electrons. The summed E-state index contributed by atoms with van der Waals surface area (Å²) in [5.41, 5.74) is 1.53. The Labute approximate surface area is 142 Å². The Morgan fingerprint density at radius 1 is 1.38 bits per heavy atom. The van der Waals surface area contributed by atoms with Crippen molar-refractivity contribution in [2.45, 2.75) is 39.3 Å². The van der Waals surface area contributed by atoms with E-state index in [1.807, 2.05) is 37.6 Å². The normalized spacial score (nSPS) is 25.0. The molecule has 2 atom stereocenters. The monoisotopic (exact) mass is 334 g/mol. The second-order valence-corrected chi connectivity index (χ2v) is 7.06. The van der Waals surface area contributed by atoms with E-state index in [2.05, 4.69) is 5.10 Å². The van der Waals surface area contributed by atoms with Crippen LogP contribution in [0.4, 0.5) is 0 Å². The van der Waals surface area contributed by atoms with E-state index >= 15 is 0 Å². The molecule has 0 aliphatic carbocycles. The van der Waals surface area contributed by atoms with Gasteiger partial charge in [0, 0.05) is 44.3 Å². The molecule has 1 aromatic rings. The molecule has 0 aromatic carbocycles. The van der Waals surface area contributed by atoms with Crippen molar-refractivity contribution >= 4 is 11.8 Å². The number of carbonyl (C=O) groups is 2. The second-order valence-electron chi connectivity index (χ2n) is 7.06. The summed E-state index contributed by atoms with van der Waals surface area (Å²) in [4.78, 5) is 28.8. The fourth-order valence-electron chi connectivity index (χ4n) is 3.58. The molecule has 3 rings (SSSR count). The Hall–Kier alpha value is -1.89. The molecular weight excluding hydrogens is 308 g/mol. The lowest BCUT2D eigenvalue weighted by Gasteiger charge is -2.38. The number of amides is 2. The average Bonchev–Trinajstić information content (AvgIpc) is 2.79. The first-order valence-corrected chi connectivity index (χ1v) is 8.57. The fourth-order valence-corrected chi connectivity index (χ4v) is 3.58. The van der Waals surface area contributed by atoms with Gasteiger partial charge in [-0.1, -0.05) is 0 Å². The van der Waals surface area contributed by atoms with Crippen molar-refractivity contribution in [3.05, 3.63) is 17.5 Å². The highest BCUT2D eigenvalue weighted by Crippen LogP contribution is 2.26. The lowest BCUT2D eigenvalue weighted by atomic mass is 9.93. The van der Waals surface area contributed by atoms with Crippen LogP contribution in [0.2, 0.25) is 0 Å². The number of aryl methyl sites for hydroxylation is 1. The maximum atomic E-state index is 12.8. The van der Waals surface area contributed by atoms with Crippen LogP contribution in [0.1, 0.15) is 36.3 Å². The van der Waals surface area contributed by atoms with E-state index in [4.69, 9.17) is 4.74 Å². The molecule has 2 fully saturated rings. The SMILES string of the molecule is Cc1c(C(=O)N2CC[C@@H]3OCC(=O)N(C(C)C)C[C@H]3C2)cnn1C. The van der Waals surface area contributed by atoms with Gasteiger partial charge in [0.1, 0.15) is 6.61 Å². The number of carbonyl (C=O) groups excluding carboxylic acids is 2. The topological polar surface area (TPSA) is 67.7 Å². The molecule has 3 heterocycles. The summed E-state index contributed by atoms with van der Waals surface area (Å²) < 4.78 is 7.53. The number of nitrogens with zero attached hydrogens (tertiary/aromatic N) is 4. The maximum Gasteiger partial charge on any atom is 0.257 e. The Balaban J connectivity index is 1.75. The van der Waals surface area contributed by atoms with Crippen LogP contribution in [-0.4, -0.2) is 69.8 Å². The quantitative estimate of drug-likeness (QED) is 0.803. The molecule has 2 aliphatic rings. The summed E-state index contributed by atoms with van der Waals surface area (Å²) in [6, 6.07) is 0.145. The lowest BCUT2D eigenvalue weighted by Crippen LogP contribution is -2.50. The van der Waals surface area contributed by atoms with Gasteiger partial charge >= 0.3 is 0 Å². The molecule has 0 radical (unpaired) electrons. The van der Waals surface area contributed by atoms with Crippen molar-refractivity contribution in [2.75, 3.05) is 26.2 Å². The summed E-state index contributed by atoms with van der Waals surface area (Å²) in [7, 11) is 1.84. The van der Waals surface area contributed by atoms with Crippen molar-refractivity contribution in [3.8, 4) is 0 Å². The third-order valence-corrected chi connectivity index (χ3v) is 5.21. The van der Waals surface area contributed by atoms with Gasteiger partial charge in [-0.3, -0.25) is 14.3 Å². The molecule has 2 aliphatic heterocycles. The smallest absolute Gasteiger partial charge is 0.257 e. The van der Waals surface area contributed by atoms with Crippen molar-refractivity contribution in [2.24, 2.45) is 13.0 Å². The highest BCUT2D eigenvalue weighted by molar-refractivity contribution is 5.95. The van der Waals surface area contributed by atoms with E-state index in [1.54, 1.807) is 10.9 Å². The summed E-state index contributed by atoms with van der Waals surface area (Å²) >= 11 is 0. The number of likely N-dealkylation sites (tertiary alicyclic amines) is 1. The van der Waals surface area contributed by atoms with Crippen LogP contribution in [-0.2, 0) is 16.6 Å². The first kappa shape index (κ1) is 17.0. The summed E-state index contributed by atoms with van der Waals surface area (Å²) in [6.45, 7) is 8.01. The predicted octanol–water partition coefficient (Wildman–Crippen LogP) is 0.826. The number of hydrogen-bond donors (Lipinski definition) is 0. The van der Waals surface area contributed by atoms with Crippen LogP contribution in [0, 0.1) is 12.8 Å². The van der Waals surface area contributed by atoms with Crippen LogP contribution in [0.15, 0.2) is 6.20 Å². The van der Waals surface area contributed by atoms with Gasteiger partial charge in [-0.2, -0.15) is 5.10 Å². The van der Waals surface area contributed by atoms with Gasteiger partial charge in [-0.25, -0.2) is 0 Å². The average molecular weight is 334 g/mol. The number of ether oxygens (including phenoxy) is 1. The van der Waals surface area contributed by atoms with Crippen molar-refractivity contribution < 1.29 is 14.3 Å². The van der Waals surface area contributed by atoms with E-state index < -0.39 is 0 Å². The minimum Gasteiger partial charge on any atom is -0.368 e. The molecule has 0 N–H and O–H groups in total. The molecule has 7 nitrogen and oxygen atoms in total. The number of rotatable bonds is 2. The van der Waals surface area contributed by atoms with Crippen LogP contribution in [0.3, 0.4) is 0 Å². The summed E-state index contributed by atoms with van der Waals surface area (Å²) in [5.74, 6) is 0.222. The number of piperidine rings is 1. The van der Waals surface area contributed by atoms with Crippen LogP contribution in [0.5, 0.6) is 0 Å². The maximum absolute atomic E-state index is 12.8. The minimum absolute atomic E-state index is 0.0192. The highest BCUT2D eigenvalue weighted by Gasteiger charge is 2.38. The Bertz CT molecular complexity index is 640. The van der Waals surface area contributed by atoms with E-state index in [0.717, 1.165) is 12.1 Å². The zero-order valence-electron chi connectivity index (χ0n) is 14.9. The second kappa shape index (κ2) is 6.55. The molecule has 7 heteroatoms. The first-order chi connectivity index (χ1) is 11.4. The van der Waals surface area contributed by atoms with E-state index in [0.29, 0.717) is 25.2 Å². The van der Waals surface area contributed by atoms with Crippen LogP contribution >= 0.6 is 0 Å². The zero-order chi connectivity index (χ0) is 17.4. The van der Waals surface area contributed by atoms with Gasteiger partial charge in [0.05, 0.1) is 17.9 Å². The Morgan fingerprint density at radius 3 is 2.75 bits per heavy atom. The molecule has 2 amide bonds. The van der Waals surface area contributed by atoms with E-state index in [1.165, 1.54) is 0 Å². The number of hydrogen-bond acceptors (Lipinski definition) is 4. The predicted molar refractivity (Wildman–Crippen MR) is 88.5 cm³/mol. The van der Waals surface area contributed by atoms with Crippen molar-refractivity contribution in [3.63, 3.8) is 0 Å². The standard InChI is InChI=1S/C17H26N4O3/c1-11(2)21-9-13-8-20(6-5-15(13)24-10-16(21)22)17(23)14-7-18-19(4)12(14)3/h7,11,13,15H,5-6,8-10H2,1-4H3/t13-,15+/m1/s1. The van der Waals surface area contributed by atoms with Crippen molar-refractivity contribution in [1.82, 2.24) is 19.6 Å². The molecule has 0 saturated carbocycles. The van der Waals surface area contributed by atoms with Crippen LogP contribution in [0.25, 0.3) is 0 Å². The molecule has 0 spiro atoms. The van der Waals surface area contributed by atoms with Crippen molar-refractivity contribution in [1.29, 1.82) is 0 Å². The molecule has 0 unspecified atom stereocenters. The van der Waals surface area contributed by atoms with Crippen LogP contribution < -0.4 is 0 Å². The first-order valence-electron chi connectivity index (χ1n) is 8.57. The summed E-state index contributed by atoms with van der Waals surface area (Å²) in [6.07, 6.45) is 2.46. The summed E-state index contributed by atoms with van der Waals surface area (Å²) in [5, 5.41) is 4.17. The zero-order valence-corrected chi connectivity index (χ0v) is 14.9. The van der Waals surface area contributed by atoms with Gasteiger partial charge in [0.15, 0.2) is 0 Å². The van der Waals surface area contributed by atoms with E-state index in [-0.39, 0.29) is 36.5 Å². The third-order valence-electron chi connectivity index (χ3n) is 5.21. The number of aromatic nitrogens is 2. The molecule has 24 heavy (non-hydrogen) atoms. The Morgan fingerprint density at radius 2 is 2.12 bits per heavy atom. The van der Waals surface area contributed by atoms with Gasteiger partial charge in [0.2, 0.25) is 5.91 Å². The fraction of sp³-hybridized carbons (Fsp3) is 0.706. The minimum atomic E-state index is 0.0192. The van der Waals surface area contributed by atoms with Gasteiger partial charge in [-0.05, 0) is 27.2 Å². The number of fused-ring (bicyclic) bond motifs is 1.